The molecule has 0 radical (unpaired) electrons. The number of carbonyl (C=O) groups is 4. The van der Waals surface area contributed by atoms with Crippen molar-refractivity contribution in [3.05, 3.63) is 0 Å². The summed E-state index contributed by atoms with van der Waals surface area (Å²) in [5.74, 6) is -0.0369. The van der Waals surface area contributed by atoms with Crippen LogP contribution >= 0.6 is 15.6 Å². The highest BCUT2D eigenvalue weighted by Crippen LogP contribution is 2.45. The van der Waals surface area contributed by atoms with E-state index in [9.17, 15) is 43.2 Å². The molecule has 0 rings (SSSR count). The highest BCUT2D eigenvalue weighted by Gasteiger charge is 2.30. The molecule has 0 bridgehead atoms. The second kappa shape index (κ2) is 49.8. The molecule has 0 heterocycles. The maximum atomic E-state index is 12.9. The molecule has 3 N–H and O–H groups in total. The molecular formula is C58H112O17P2. The van der Waals surface area contributed by atoms with E-state index in [1.54, 1.807) is 0 Å². The van der Waals surface area contributed by atoms with Gasteiger partial charge in [-0.1, -0.05) is 222 Å². The molecule has 0 aliphatic rings. The molecule has 0 aromatic rings. The van der Waals surface area contributed by atoms with Crippen molar-refractivity contribution in [1.29, 1.82) is 0 Å². The Morgan fingerprint density at radius 3 is 0.987 bits per heavy atom. The molecule has 6 atom stereocenters. The number of carbonyl (C=O) groups excluding carboxylic acids is 4. The van der Waals surface area contributed by atoms with Gasteiger partial charge in [-0.2, -0.15) is 0 Å². The standard InChI is InChI=1S/C58H112O17P2/c1-8-10-11-12-15-25-32-39-55(60)68-45-54(75-58(63)42-35-28-21-19-23-30-37-50(5)6)48-73-77(66,67)71-44-52(59)43-70-76(64,65)72-47-53(46-69-56(61)40-33-26-20-18-22-29-36-49(3)4)74-57(62)41-34-27-17-14-13-16-24-31-38-51(7)9-2/h49-54,59H,8-48H2,1-7H3,(H,64,65)(H,66,67)/t51?,52-,53-,54-/m1/s1. The third-order valence-electron chi connectivity index (χ3n) is 13.5. The zero-order valence-corrected chi connectivity index (χ0v) is 51.2. The van der Waals surface area contributed by atoms with Crippen molar-refractivity contribution in [2.45, 2.75) is 292 Å². The summed E-state index contributed by atoms with van der Waals surface area (Å²) in [6.45, 7) is 11.5. The van der Waals surface area contributed by atoms with Crippen LogP contribution in [-0.4, -0.2) is 96.7 Å². The topological polar surface area (TPSA) is 237 Å². The molecule has 17 nitrogen and oxygen atoms in total. The average molecular weight is 1140 g/mol. The fourth-order valence-corrected chi connectivity index (χ4v) is 9.97. The van der Waals surface area contributed by atoms with Crippen molar-refractivity contribution in [3.63, 3.8) is 0 Å². The first kappa shape index (κ1) is 75.1. The lowest BCUT2D eigenvalue weighted by Gasteiger charge is -2.21. The van der Waals surface area contributed by atoms with E-state index in [0.29, 0.717) is 37.5 Å². The number of esters is 4. The zero-order chi connectivity index (χ0) is 57.4. The van der Waals surface area contributed by atoms with Gasteiger partial charge < -0.3 is 33.8 Å². The van der Waals surface area contributed by atoms with Crippen molar-refractivity contribution >= 4 is 39.5 Å². The smallest absolute Gasteiger partial charge is 0.462 e. The number of ether oxygens (including phenoxy) is 4. The molecule has 0 amide bonds. The first-order valence-corrected chi connectivity index (χ1v) is 33.4. The van der Waals surface area contributed by atoms with Gasteiger partial charge in [-0.15, -0.1) is 0 Å². The van der Waals surface area contributed by atoms with Crippen molar-refractivity contribution in [3.8, 4) is 0 Å². The Kier molecular flexibility index (Phi) is 48.6. The van der Waals surface area contributed by atoms with Gasteiger partial charge in [-0.05, 0) is 43.4 Å². The van der Waals surface area contributed by atoms with E-state index >= 15 is 0 Å². The average Bonchev–Trinajstić information content (AvgIpc) is 3.38. The Morgan fingerprint density at radius 2 is 0.662 bits per heavy atom. The van der Waals surface area contributed by atoms with Gasteiger partial charge in [0.05, 0.1) is 26.4 Å². The van der Waals surface area contributed by atoms with Crippen molar-refractivity contribution in [1.82, 2.24) is 0 Å². The van der Waals surface area contributed by atoms with E-state index in [1.165, 1.54) is 64.2 Å². The van der Waals surface area contributed by atoms with Gasteiger partial charge in [0.25, 0.3) is 0 Å². The number of aliphatic hydroxyl groups is 1. The van der Waals surface area contributed by atoms with Crippen LogP contribution in [0.4, 0.5) is 0 Å². The van der Waals surface area contributed by atoms with Crippen LogP contribution in [0.25, 0.3) is 0 Å². The minimum atomic E-state index is -4.94. The quantitative estimate of drug-likeness (QED) is 0.0222. The van der Waals surface area contributed by atoms with Crippen LogP contribution in [0, 0.1) is 17.8 Å². The summed E-state index contributed by atoms with van der Waals surface area (Å²) in [5, 5.41) is 10.5. The monoisotopic (exact) mass is 1140 g/mol. The largest absolute Gasteiger partial charge is 0.472 e. The number of unbranched alkanes of at least 4 members (excludes halogenated alkanes) is 23. The van der Waals surface area contributed by atoms with E-state index in [0.717, 1.165) is 115 Å². The highest BCUT2D eigenvalue weighted by atomic mass is 31.2. The van der Waals surface area contributed by atoms with Crippen LogP contribution in [0.1, 0.15) is 273 Å². The van der Waals surface area contributed by atoms with Gasteiger partial charge in [0, 0.05) is 25.7 Å². The molecule has 3 unspecified atom stereocenters. The molecular weight excluding hydrogens is 1030 g/mol. The van der Waals surface area contributed by atoms with Gasteiger partial charge >= 0.3 is 39.5 Å². The van der Waals surface area contributed by atoms with E-state index < -0.39 is 97.5 Å². The molecule has 456 valence electrons. The second-order valence-electron chi connectivity index (χ2n) is 22.2. The van der Waals surface area contributed by atoms with Crippen LogP contribution in [0.5, 0.6) is 0 Å². The Labute approximate surface area is 467 Å². The van der Waals surface area contributed by atoms with Crippen LogP contribution < -0.4 is 0 Å². The highest BCUT2D eigenvalue weighted by molar-refractivity contribution is 7.47. The molecule has 77 heavy (non-hydrogen) atoms. The summed E-state index contributed by atoms with van der Waals surface area (Å²) in [4.78, 5) is 71.7. The summed E-state index contributed by atoms with van der Waals surface area (Å²) >= 11 is 0. The van der Waals surface area contributed by atoms with Crippen molar-refractivity contribution < 1.29 is 80.2 Å². The lowest BCUT2D eigenvalue weighted by molar-refractivity contribution is -0.161. The van der Waals surface area contributed by atoms with Crippen molar-refractivity contribution in [2.24, 2.45) is 17.8 Å². The predicted octanol–water partition coefficient (Wildman–Crippen LogP) is 15.2. The number of aliphatic hydroxyl groups excluding tert-OH is 1. The summed E-state index contributed by atoms with van der Waals surface area (Å²) in [6, 6.07) is 0. The summed E-state index contributed by atoms with van der Waals surface area (Å²) in [5.41, 5.74) is 0. The predicted molar refractivity (Wildman–Crippen MR) is 303 cm³/mol. The van der Waals surface area contributed by atoms with Crippen LogP contribution in [0.15, 0.2) is 0 Å². The first-order chi connectivity index (χ1) is 36.8. The Morgan fingerprint density at radius 1 is 0.377 bits per heavy atom. The minimum absolute atomic E-state index is 0.101. The van der Waals surface area contributed by atoms with Crippen LogP contribution in [-0.2, 0) is 65.4 Å². The number of phosphoric ester groups is 2. The lowest BCUT2D eigenvalue weighted by Crippen LogP contribution is -2.30. The maximum absolute atomic E-state index is 12.9. The van der Waals surface area contributed by atoms with Crippen LogP contribution in [0.3, 0.4) is 0 Å². The SMILES string of the molecule is CCCCCCCCCC(=O)OC[C@H](COP(=O)(O)OC[C@H](O)COP(=O)(O)OC[C@@H](COC(=O)CCCCCCCCC(C)C)OC(=O)CCCCCCCCCCC(C)CC)OC(=O)CCCCCCCCC(C)C. The number of hydrogen-bond donors (Lipinski definition) is 3. The maximum Gasteiger partial charge on any atom is 0.472 e. The Bertz CT molecular complexity index is 1550. The second-order valence-corrected chi connectivity index (χ2v) is 25.1. The van der Waals surface area contributed by atoms with E-state index in [1.807, 2.05) is 0 Å². The van der Waals surface area contributed by atoms with E-state index in [2.05, 4.69) is 48.5 Å². The first-order valence-electron chi connectivity index (χ1n) is 30.4. The Hall–Kier alpha value is -1.94. The van der Waals surface area contributed by atoms with E-state index in [-0.39, 0.29) is 25.7 Å². The van der Waals surface area contributed by atoms with E-state index in [4.69, 9.17) is 37.0 Å². The minimum Gasteiger partial charge on any atom is -0.462 e. The lowest BCUT2D eigenvalue weighted by atomic mass is 9.99. The van der Waals surface area contributed by atoms with Gasteiger partial charge in [0.15, 0.2) is 12.2 Å². The van der Waals surface area contributed by atoms with Gasteiger partial charge in [-0.3, -0.25) is 37.3 Å². The Balaban J connectivity index is 5.23. The molecule has 0 saturated carbocycles. The molecule has 0 saturated heterocycles. The third kappa shape index (κ3) is 51.9. The fourth-order valence-electron chi connectivity index (χ4n) is 8.39. The summed E-state index contributed by atoms with van der Waals surface area (Å²) in [6.07, 6.45) is 28.4. The number of hydrogen-bond acceptors (Lipinski definition) is 15. The van der Waals surface area contributed by atoms with Gasteiger partial charge in [0.2, 0.25) is 0 Å². The zero-order valence-electron chi connectivity index (χ0n) is 49.4. The normalized spacial score (nSPS) is 14.9. The molecule has 0 spiro atoms. The molecule has 0 aromatic carbocycles. The molecule has 0 fully saturated rings. The molecule has 0 aliphatic carbocycles. The molecule has 19 heteroatoms. The summed E-state index contributed by atoms with van der Waals surface area (Å²) < 4.78 is 67.6. The molecule has 0 aromatic heterocycles. The fraction of sp³-hybridized carbons (Fsp3) is 0.931. The third-order valence-corrected chi connectivity index (χ3v) is 15.4. The number of rotatable bonds is 56. The summed E-state index contributed by atoms with van der Waals surface area (Å²) in [7, 11) is -9.87. The van der Waals surface area contributed by atoms with Gasteiger partial charge in [0.1, 0.15) is 19.3 Å². The molecule has 0 aliphatic heterocycles. The van der Waals surface area contributed by atoms with Gasteiger partial charge in [-0.25, -0.2) is 9.13 Å². The number of phosphoric acid groups is 2. The van der Waals surface area contributed by atoms with Crippen LogP contribution in [0.2, 0.25) is 0 Å². The van der Waals surface area contributed by atoms with Crippen molar-refractivity contribution in [2.75, 3.05) is 39.6 Å².